The van der Waals surface area contributed by atoms with Crippen molar-refractivity contribution in [2.75, 3.05) is 13.2 Å². The highest BCUT2D eigenvalue weighted by Gasteiger charge is 2.15. The Morgan fingerprint density at radius 1 is 1.19 bits per heavy atom. The number of nitrogens with one attached hydrogen (secondary N) is 1. The highest BCUT2D eigenvalue weighted by atomic mass is 32.2. The number of hydrogen-bond donors (Lipinski definition) is 2. The van der Waals surface area contributed by atoms with Crippen molar-refractivity contribution < 1.29 is 13.5 Å². The second kappa shape index (κ2) is 7.34. The molecular formula is C12H19N5O3S. The fourth-order valence-corrected chi connectivity index (χ4v) is 2.83. The average Bonchev–Trinajstić information content (AvgIpc) is 3.13. The van der Waals surface area contributed by atoms with E-state index in [1.165, 1.54) is 17.1 Å². The van der Waals surface area contributed by atoms with Crippen LogP contribution >= 0.6 is 0 Å². The lowest BCUT2D eigenvalue weighted by Crippen LogP contribution is -2.25. The van der Waals surface area contributed by atoms with Crippen LogP contribution in [0.5, 0.6) is 0 Å². The average molecular weight is 313 g/mol. The summed E-state index contributed by atoms with van der Waals surface area (Å²) in [5.74, 6) is 0. The number of aromatic nitrogens is 4. The van der Waals surface area contributed by atoms with Gasteiger partial charge < -0.3 is 5.11 Å². The van der Waals surface area contributed by atoms with Crippen molar-refractivity contribution in [3.63, 3.8) is 0 Å². The zero-order valence-corrected chi connectivity index (χ0v) is 12.4. The fourth-order valence-electron chi connectivity index (χ4n) is 1.80. The van der Waals surface area contributed by atoms with E-state index in [1.807, 2.05) is 12.3 Å². The third-order valence-electron chi connectivity index (χ3n) is 2.88. The minimum atomic E-state index is -3.53. The van der Waals surface area contributed by atoms with Gasteiger partial charge in [0, 0.05) is 44.8 Å². The molecule has 0 spiro atoms. The Bertz CT molecular complexity index is 636. The number of aryl methyl sites for hydroxylation is 2. The van der Waals surface area contributed by atoms with Gasteiger partial charge in [0.1, 0.15) is 4.90 Å². The maximum absolute atomic E-state index is 12.0. The molecule has 0 unspecified atom stereocenters. The Labute approximate surface area is 123 Å². The van der Waals surface area contributed by atoms with E-state index >= 15 is 0 Å². The summed E-state index contributed by atoms with van der Waals surface area (Å²) in [5.41, 5.74) is 0. The smallest absolute Gasteiger partial charge is 0.243 e. The Morgan fingerprint density at radius 3 is 2.71 bits per heavy atom. The lowest BCUT2D eigenvalue weighted by molar-refractivity contribution is 0.277. The van der Waals surface area contributed by atoms with Crippen molar-refractivity contribution in [3.05, 3.63) is 30.9 Å². The molecule has 0 saturated carbocycles. The Balaban J connectivity index is 1.82. The van der Waals surface area contributed by atoms with Gasteiger partial charge in [-0.25, -0.2) is 13.1 Å². The molecule has 2 aromatic heterocycles. The van der Waals surface area contributed by atoms with Crippen LogP contribution in [0.1, 0.15) is 12.8 Å². The molecule has 21 heavy (non-hydrogen) atoms. The van der Waals surface area contributed by atoms with E-state index in [-0.39, 0.29) is 11.5 Å². The van der Waals surface area contributed by atoms with Crippen molar-refractivity contribution >= 4 is 10.0 Å². The lowest BCUT2D eigenvalue weighted by atomic mass is 10.4. The summed E-state index contributed by atoms with van der Waals surface area (Å²) in [6.07, 6.45) is 7.49. The summed E-state index contributed by atoms with van der Waals surface area (Å²) in [6.45, 7) is 1.54. The maximum atomic E-state index is 12.0. The van der Waals surface area contributed by atoms with E-state index in [4.69, 9.17) is 5.11 Å². The van der Waals surface area contributed by atoms with Crippen LogP contribution in [-0.4, -0.2) is 46.2 Å². The first-order valence-corrected chi connectivity index (χ1v) is 8.20. The molecule has 8 nitrogen and oxygen atoms in total. The van der Waals surface area contributed by atoms with E-state index in [0.29, 0.717) is 32.5 Å². The highest BCUT2D eigenvalue weighted by molar-refractivity contribution is 7.89. The Morgan fingerprint density at radius 2 is 2.00 bits per heavy atom. The van der Waals surface area contributed by atoms with E-state index in [1.54, 1.807) is 10.9 Å². The normalized spacial score (nSPS) is 11.9. The molecule has 2 heterocycles. The molecule has 2 N–H and O–H groups in total. The lowest BCUT2D eigenvalue weighted by Gasteiger charge is -2.05. The number of aliphatic hydroxyl groups excluding tert-OH is 1. The van der Waals surface area contributed by atoms with Crippen LogP contribution in [0, 0.1) is 0 Å². The molecule has 0 aromatic carbocycles. The zero-order chi connectivity index (χ0) is 15.1. The van der Waals surface area contributed by atoms with Gasteiger partial charge in [-0.1, -0.05) is 0 Å². The van der Waals surface area contributed by atoms with Gasteiger partial charge >= 0.3 is 0 Å². The predicted molar refractivity (Wildman–Crippen MR) is 76.0 cm³/mol. The molecule has 0 saturated heterocycles. The summed E-state index contributed by atoms with van der Waals surface area (Å²) in [5, 5.41) is 16.7. The first-order valence-electron chi connectivity index (χ1n) is 6.72. The van der Waals surface area contributed by atoms with Gasteiger partial charge in [0.05, 0.1) is 6.20 Å². The van der Waals surface area contributed by atoms with Crippen LogP contribution in [0.4, 0.5) is 0 Å². The minimum absolute atomic E-state index is 0.0492. The van der Waals surface area contributed by atoms with Crippen LogP contribution in [0.2, 0.25) is 0 Å². The SMILES string of the molecule is O=S(=O)(NCCCn1cccn1)c1cnn(CCCO)c1. The molecule has 2 aromatic rings. The van der Waals surface area contributed by atoms with Gasteiger partial charge in [-0.2, -0.15) is 10.2 Å². The minimum Gasteiger partial charge on any atom is -0.396 e. The van der Waals surface area contributed by atoms with E-state index in [0.717, 1.165) is 0 Å². The van der Waals surface area contributed by atoms with E-state index in [2.05, 4.69) is 14.9 Å². The third-order valence-corrected chi connectivity index (χ3v) is 4.30. The molecule has 0 atom stereocenters. The van der Waals surface area contributed by atoms with Gasteiger partial charge in [0.2, 0.25) is 10.0 Å². The molecule has 116 valence electrons. The molecule has 0 radical (unpaired) electrons. The first-order chi connectivity index (χ1) is 10.1. The van der Waals surface area contributed by atoms with Crippen LogP contribution in [-0.2, 0) is 23.1 Å². The fraction of sp³-hybridized carbons (Fsp3) is 0.500. The number of nitrogens with zero attached hydrogens (tertiary/aromatic N) is 4. The molecule has 0 aliphatic rings. The second-order valence-electron chi connectivity index (χ2n) is 4.54. The van der Waals surface area contributed by atoms with Gasteiger partial charge in [-0.3, -0.25) is 9.36 Å². The van der Waals surface area contributed by atoms with Crippen LogP contribution in [0.25, 0.3) is 0 Å². The molecular weight excluding hydrogens is 294 g/mol. The summed E-state index contributed by atoms with van der Waals surface area (Å²) in [7, 11) is -3.53. The maximum Gasteiger partial charge on any atom is 0.243 e. The molecule has 9 heteroatoms. The number of rotatable bonds is 9. The number of hydrogen-bond acceptors (Lipinski definition) is 5. The molecule has 0 aliphatic carbocycles. The predicted octanol–water partition coefficient (Wildman–Crippen LogP) is -0.169. The van der Waals surface area contributed by atoms with Gasteiger partial charge in [0.25, 0.3) is 0 Å². The molecule has 2 rings (SSSR count). The first kappa shape index (κ1) is 15.7. The quantitative estimate of drug-likeness (QED) is 0.626. The Kier molecular flexibility index (Phi) is 5.48. The van der Waals surface area contributed by atoms with Crippen LogP contribution in [0.15, 0.2) is 35.7 Å². The summed E-state index contributed by atoms with van der Waals surface area (Å²) in [4.78, 5) is 0.138. The van der Waals surface area contributed by atoms with E-state index < -0.39 is 10.0 Å². The molecule has 0 aliphatic heterocycles. The van der Waals surface area contributed by atoms with Crippen molar-refractivity contribution in [2.45, 2.75) is 30.8 Å². The number of aliphatic hydroxyl groups is 1. The largest absolute Gasteiger partial charge is 0.396 e. The second-order valence-corrected chi connectivity index (χ2v) is 6.30. The Hall–Kier alpha value is -1.71. The van der Waals surface area contributed by atoms with Gasteiger partial charge in [0.15, 0.2) is 0 Å². The topological polar surface area (TPSA) is 102 Å². The van der Waals surface area contributed by atoms with Crippen LogP contribution < -0.4 is 4.72 Å². The summed E-state index contributed by atoms with van der Waals surface area (Å²) in [6, 6.07) is 1.82. The van der Waals surface area contributed by atoms with Crippen molar-refractivity contribution in [1.29, 1.82) is 0 Å². The number of sulfonamides is 1. The monoisotopic (exact) mass is 313 g/mol. The van der Waals surface area contributed by atoms with Gasteiger partial charge in [-0.05, 0) is 18.9 Å². The van der Waals surface area contributed by atoms with Gasteiger partial charge in [-0.15, -0.1) is 0 Å². The third kappa shape index (κ3) is 4.66. The zero-order valence-electron chi connectivity index (χ0n) is 11.6. The van der Waals surface area contributed by atoms with Crippen LogP contribution in [0.3, 0.4) is 0 Å². The van der Waals surface area contributed by atoms with Crippen molar-refractivity contribution in [3.8, 4) is 0 Å². The van der Waals surface area contributed by atoms with E-state index in [9.17, 15) is 8.42 Å². The standard InChI is InChI=1S/C12H19N5O3S/c18-9-3-8-17-11-12(10-14-17)21(19,20)15-5-2-7-16-6-1-4-13-16/h1,4,6,10-11,15,18H,2-3,5,7-9H2. The summed E-state index contributed by atoms with van der Waals surface area (Å²) >= 11 is 0. The summed E-state index contributed by atoms with van der Waals surface area (Å²) < 4.78 is 29.9. The van der Waals surface area contributed by atoms with Crippen molar-refractivity contribution in [2.24, 2.45) is 0 Å². The molecule has 0 fully saturated rings. The van der Waals surface area contributed by atoms with Crippen molar-refractivity contribution in [1.82, 2.24) is 24.3 Å². The highest BCUT2D eigenvalue weighted by Crippen LogP contribution is 2.07. The molecule has 0 bridgehead atoms. The molecule has 0 amide bonds.